The maximum atomic E-state index is 12.5. The number of hydrogen-bond donors (Lipinski definition) is 0. The van der Waals surface area contributed by atoms with E-state index in [0.717, 1.165) is 0 Å². The van der Waals surface area contributed by atoms with Gasteiger partial charge >= 0.3 is 5.97 Å². The van der Waals surface area contributed by atoms with Gasteiger partial charge in [0.05, 0.1) is 6.61 Å². The predicted molar refractivity (Wildman–Crippen MR) is 105 cm³/mol. The number of hydrogen-bond acceptors (Lipinski definition) is 6. The van der Waals surface area contributed by atoms with Crippen molar-refractivity contribution < 1.29 is 28.2 Å². The largest absolute Gasteiger partial charge is 0.457 e. The monoisotopic (exact) mass is 398 g/mol. The first-order valence-corrected chi connectivity index (χ1v) is 12.6. The highest BCUT2D eigenvalue weighted by atomic mass is 28.4. The highest BCUT2D eigenvalue weighted by molar-refractivity contribution is 6.74. The van der Waals surface area contributed by atoms with Crippen molar-refractivity contribution in [2.75, 3.05) is 13.2 Å². The number of cyclic esters (lactones) is 1. The second-order valence-corrected chi connectivity index (χ2v) is 14.1. The molecular formula is C20H34O6Si. The van der Waals surface area contributed by atoms with Gasteiger partial charge in [-0.2, -0.15) is 0 Å². The highest BCUT2D eigenvalue weighted by Crippen LogP contribution is 2.39. The van der Waals surface area contributed by atoms with E-state index in [1.54, 1.807) is 0 Å². The first-order chi connectivity index (χ1) is 12.3. The van der Waals surface area contributed by atoms with Crippen molar-refractivity contribution in [3.05, 3.63) is 11.1 Å². The van der Waals surface area contributed by atoms with Gasteiger partial charge in [0.15, 0.2) is 19.9 Å². The van der Waals surface area contributed by atoms with Gasteiger partial charge in [0.2, 0.25) is 0 Å². The van der Waals surface area contributed by atoms with Gasteiger partial charge < -0.3 is 18.6 Å². The summed E-state index contributed by atoms with van der Waals surface area (Å²) in [5.74, 6) is -1.56. The molecule has 2 rings (SSSR count). The molecule has 0 bridgehead atoms. The van der Waals surface area contributed by atoms with Crippen LogP contribution >= 0.6 is 0 Å². The molecule has 2 atom stereocenters. The van der Waals surface area contributed by atoms with Crippen LogP contribution in [0.15, 0.2) is 11.1 Å². The molecule has 154 valence electrons. The zero-order chi connectivity index (χ0) is 20.6. The normalized spacial score (nSPS) is 25.9. The van der Waals surface area contributed by atoms with E-state index >= 15 is 0 Å². The van der Waals surface area contributed by atoms with Crippen LogP contribution in [0.5, 0.6) is 0 Å². The Labute approximate surface area is 163 Å². The Balaban J connectivity index is 2.27. The van der Waals surface area contributed by atoms with Crippen LogP contribution in [0.4, 0.5) is 0 Å². The number of esters is 1. The summed E-state index contributed by atoms with van der Waals surface area (Å²) in [6, 6.07) is 0. The average Bonchev–Trinajstić information content (AvgIpc) is 3.03. The Morgan fingerprint density at radius 2 is 1.89 bits per heavy atom. The van der Waals surface area contributed by atoms with E-state index in [2.05, 4.69) is 33.9 Å². The number of Topliss-reactive ketones (excluding diaryl/α,β-unsaturated/α-hetero) is 1. The van der Waals surface area contributed by atoms with Gasteiger partial charge in [-0.1, -0.05) is 27.7 Å². The SMILES string of the molecule is CCCC(=O)C1=C([C@H]2OC(C)(C)O[C@@H]2CO[Si](C)(C)C(C)(C)C)COC1=O. The molecule has 0 unspecified atom stereocenters. The first-order valence-electron chi connectivity index (χ1n) is 9.72. The molecule has 1 fully saturated rings. The summed E-state index contributed by atoms with van der Waals surface area (Å²) in [4.78, 5) is 24.6. The second kappa shape index (κ2) is 7.77. The molecular weight excluding hydrogens is 364 g/mol. The Morgan fingerprint density at radius 3 is 2.44 bits per heavy atom. The molecule has 7 heteroatoms. The third-order valence-electron chi connectivity index (χ3n) is 5.58. The number of carbonyl (C=O) groups is 2. The summed E-state index contributed by atoms with van der Waals surface area (Å²) in [5.41, 5.74) is 0.730. The molecule has 0 aromatic carbocycles. The molecule has 0 spiro atoms. The standard InChI is InChI=1S/C20H34O6Si/c1-9-10-14(21)16-13(11-23-18(16)22)17-15(25-20(5,6)26-17)12-24-27(7,8)19(2,3)4/h15,17H,9-12H2,1-8H3/t15-,17-/m1/s1. The first kappa shape index (κ1) is 22.3. The van der Waals surface area contributed by atoms with Gasteiger partial charge in [-0.05, 0) is 38.4 Å². The molecule has 2 heterocycles. The fraction of sp³-hybridized carbons (Fsp3) is 0.800. The van der Waals surface area contributed by atoms with E-state index in [0.29, 0.717) is 25.0 Å². The van der Waals surface area contributed by atoms with Gasteiger partial charge in [0.25, 0.3) is 0 Å². The van der Waals surface area contributed by atoms with Crippen LogP contribution < -0.4 is 0 Å². The zero-order valence-corrected chi connectivity index (χ0v) is 18.9. The van der Waals surface area contributed by atoms with Gasteiger partial charge in [0.1, 0.15) is 24.4 Å². The lowest BCUT2D eigenvalue weighted by atomic mass is 9.97. The Hall–Kier alpha value is -1.02. The van der Waals surface area contributed by atoms with Crippen LogP contribution in [0.25, 0.3) is 0 Å². The summed E-state index contributed by atoms with van der Waals surface area (Å²) >= 11 is 0. The van der Waals surface area contributed by atoms with Crippen molar-refractivity contribution in [3.8, 4) is 0 Å². The van der Waals surface area contributed by atoms with Gasteiger partial charge in [0, 0.05) is 12.0 Å². The third kappa shape index (κ3) is 4.88. The molecule has 0 saturated carbocycles. The smallest absolute Gasteiger partial charge is 0.342 e. The minimum absolute atomic E-state index is 0.0737. The van der Waals surface area contributed by atoms with Crippen LogP contribution in [0, 0.1) is 0 Å². The zero-order valence-electron chi connectivity index (χ0n) is 17.9. The lowest BCUT2D eigenvalue weighted by Crippen LogP contribution is -2.44. The molecule has 2 aliphatic heterocycles. The number of ketones is 1. The molecule has 0 aromatic rings. The predicted octanol–water partition coefficient (Wildman–Crippen LogP) is 3.75. The van der Waals surface area contributed by atoms with Crippen LogP contribution in [0.2, 0.25) is 18.1 Å². The quantitative estimate of drug-likeness (QED) is 0.369. The summed E-state index contributed by atoms with van der Waals surface area (Å²) in [5, 5.41) is 0.0748. The van der Waals surface area contributed by atoms with Gasteiger partial charge in [-0.3, -0.25) is 4.79 Å². The van der Waals surface area contributed by atoms with E-state index in [9.17, 15) is 9.59 Å². The van der Waals surface area contributed by atoms with Crippen LogP contribution in [-0.4, -0.2) is 51.3 Å². The Kier molecular flexibility index (Phi) is 6.41. The molecule has 2 aliphatic rings. The Morgan fingerprint density at radius 1 is 1.26 bits per heavy atom. The molecule has 0 amide bonds. The van der Waals surface area contributed by atoms with Crippen molar-refractivity contribution in [1.82, 2.24) is 0 Å². The molecule has 6 nitrogen and oxygen atoms in total. The molecule has 0 N–H and O–H groups in total. The minimum atomic E-state index is -1.97. The number of ether oxygens (including phenoxy) is 3. The maximum Gasteiger partial charge on any atom is 0.342 e. The van der Waals surface area contributed by atoms with E-state index < -0.39 is 26.2 Å². The van der Waals surface area contributed by atoms with Gasteiger partial charge in [-0.25, -0.2) is 4.79 Å². The average molecular weight is 399 g/mol. The summed E-state index contributed by atoms with van der Waals surface area (Å²) in [6.45, 7) is 16.9. The van der Waals surface area contributed by atoms with Crippen LogP contribution in [0.1, 0.15) is 54.4 Å². The van der Waals surface area contributed by atoms with Crippen LogP contribution in [-0.2, 0) is 28.2 Å². The second-order valence-electron chi connectivity index (χ2n) is 9.32. The van der Waals surface area contributed by atoms with E-state index in [1.807, 2.05) is 20.8 Å². The highest BCUT2D eigenvalue weighted by Gasteiger charge is 2.48. The van der Waals surface area contributed by atoms with Crippen LogP contribution in [0.3, 0.4) is 0 Å². The maximum absolute atomic E-state index is 12.5. The number of carbonyl (C=O) groups excluding carboxylic acids is 2. The van der Waals surface area contributed by atoms with Crippen molar-refractivity contribution in [2.24, 2.45) is 0 Å². The molecule has 0 aliphatic carbocycles. The minimum Gasteiger partial charge on any atom is -0.457 e. The molecule has 0 radical (unpaired) electrons. The fourth-order valence-corrected chi connectivity index (χ4v) is 4.06. The third-order valence-corrected chi connectivity index (χ3v) is 10.1. The van der Waals surface area contributed by atoms with Crippen molar-refractivity contribution in [2.45, 2.75) is 90.5 Å². The van der Waals surface area contributed by atoms with Crippen molar-refractivity contribution in [1.29, 1.82) is 0 Å². The lowest BCUT2D eigenvalue weighted by molar-refractivity contribution is -0.146. The van der Waals surface area contributed by atoms with E-state index in [4.69, 9.17) is 18.6 Å². The van der Waals surface area contributed by atoms with E-state index in [-0.39, 0.29) is 29.1 Å². The van der Waals surface area contributed by atoms with Crippen molar-refractivity contribution in [3.63, 3.8) is 0 Å². The Bertz CT molecular complexity index is 629. The molecule has 0 aromatic heterocycles. The number of rotatable bonds is 7. The molecule has 1 saturated heterocycles. The summed E-state index contributed by atoms with van der Waals surface area (Å²) < 4.78 is 23.6. The van der Waals surface area contributed by atoms with Crippen molar-refractivity contribution >= 4 is 20.1 Å². The fourth-order valence-electron chi connectivity index (χ4n) is 3.05. The topological polar surface area (TPSA) is 71.1 Å². The molecule has 27 heavy (non-hydrogen) atoms. The summed E-state index contributed by atoms with van der Waals surface area (Å²) in [6.07, 6.45) is 0.0831. The van der Waals surface area contributed by atoms with E-state index in [1.165, 1.54) is 0 Å². The lowest BCUT2D eigenvalue weighted by Gasteiger charge is -2.37. The van der Waals surface area contributed by atoms with Gasteiger partial charge in [-0.15, -0.1) is 0 Å². The summed E-state index contributed by atoms with van der Waals surface area (Å²) in [7, 11) is -1.97.